The van der Waals surface area contributed by atoms with Crippen LogP contribution in [0.3, 0.4) is 0 Å². The lowest BCUT2D eigenvalue weighted by atomic mass is 9.93. The zero-order chi connectivity index (χ0) is 19.6. The Bertz CT molecular complexity index is 1140. The highest BCUT2D eigenvalue weighted by atomic mass is 16.2. The summed E-state index contributed by atoms with van der Waals surface area (Å²) in [7, 11) is 0. The zero-order valence-corrected chi connectivity index (χ0v) is 16.0. The van der Waals surface area contributed by atoms with E-state index in [1.54, 1.807) is 6.20 Å². The summed E-state index contributed by atoms with van der Waals surface area (Å²) in [5.41, 5.74) is 5.58. The van der Waals surface area contributed by atoms with Crippen molar-refractivity contribution >= 4 is 16.9 Å². The summed E-state index contributed by atoms with van der Waals surface area (Å²) < 4.78 is 0. The number of nitrogens with zero attached hydrogens (tertiary/aromatic N) is 2. The normalized spacial score (nSPS) is 15.9. The molecule has 0 aliphatic carbocycles. The van der Waals surface area contributed by atoms with E-state index in [1.165, 1.54) is 10.9 Å². The van der Waals surface area contributed by atoms with Crippen molar-refractivity contribution in [3.8, 4) is 0 Å². The number of hydrogen-bond donors (Lipinski definition) is 2. The van der Waals surface area contributed by atoms with Crippen LogP contribution >= 0.6 is 0 Å². The van der Waals surface area contributed by atoms with Gasteiger partial charge in [-0.15, -0.1) is 0 Å². The fourth-order valence-corrected chi connectivity index (χ4v) is 4.22. The van der Waals surface area contributed by atoms with Gasteiger partial charge in [0.25, 0.3) is 0 Å². The molecule has 5 rings (SSSR count). The molecule has 1 aliphatic heterocycles. The van der Waals surface area contributed by atoms with Gasteiger partial charge in [0.2, 0.25) is 0 Å². The third kappa shape index (κ3) is 3.25. The summed E-state index contributed by atoms with van der Waals surface area (Å²) in [5.74, 6) is 0. The largest absolute Gasteiger partial charge is 0.356 e. The first-order chi connectivity index (χ1) is 14.3. The zero-order valence-electron chi connectivity index (χ0n) is 16.0. The Morgan fingerprint density at radius 3 is 2.72 bits per heavy atom. The summed E-state index contributed by atoms with van der Waals surface area (Å²) in [4.78, 5) is 23.0. The Hall–Kier alpha value is -3.60. The molecule has 1 atom stereocenters. The molecule has 0 unspecified atom stereocenters. The topological polar surface area (TPSA) is 61.0 Å². The van der Waals surface area contributed by atoms with E-state index in [0.29, 0.717) is 13.1 Å². The van der Waals surface area contributed by atoms with E-state index in [0.717, 1.165) is 28.8 Å². The van der Waals surface area contributed by atoms with E-state index in [-0.39, 0.29) is 12.1 Å². The first-order valence-corrected chi connectivity index (χ1v) is 9.89. The highest BCUT2D eigenvalue weighted by Crippen LogP contribution is 2.38. The number of nitrogens with one attached hydrogen (secondary N) is 2. The van der Waals surface area contributed by atoms with Gasteiger partial charge >= 0.3 is 6.03 Å². The number of carbonyl (C=O) groups excluding carboxylic acids is 1. The molecule has 0 saturated heterocycles. The van der Waals surface area contributed by atoms with Gasteiger partial charge in [-0.05, 0) is 35.2 Å². The maximum Gasteiger partial charge on any atom is 0.318 e. The van der Waals surface area contributed by atoms with Crippen molar-refractivity contribution in [3.05, 3.63) is 102 Å². The average molecular weight is 382 g/mol. The smallest absolute Gasteiger partial charge is 0.318 e. The summed E-state index contributed by atoms with van der Waals surface area (Å²) in [6.07, 6.45) is 4.44. The summed E-state index contributed by atoms with van der Waals surface area (Å²) in [5, 5.41) is 4.32. The number of H-pyrrole nitrogens is 1. The number of hydrogen-bond acceptors (Lipinski definition) is 2. The van der Waals surface area contributed by atoms with Crippen LogP contribution in [0.25, 0.3) is 10.9 Å². The number of aromatic nitrogens is 2. The number of fused-ring (bicyclic) bond motifs is 3. The molecule has 0 fully saturated rings. The molecule has 0 spiro atoms. The summed E-state index contributed by atoms with van der Waals surface area (Å²) in [6, 6.07) is 22.0. The Kier molecular flexibility index (Phi) is 4.48. The second-order valence-electron chi connectivity index (χ2n) is 7.34. The number of carbonyl (C=O) groups is 1. The molecule has 0 saturated carbocycles. The van der Waals surface area contributed by atoms with Gasteiger partial charge in [0, 0.05) is 42.1 Å². The molecule has 2 N–H and O–H groups in total. The molecule has 144 valence electrons. The Morgan fingerprint density at radius 2 is 1.90 bits per heavy atom. The van der Waals surface area contributed by atoms with Gasteiger partial charge in [0.05, 0.1) is 0 Å². The fraction of sp³-hybridized carbons (Fsp3) is 0.167. The molecule has 2 amide bonds. The van der Waals surface area contributed by atoms with Gasteiger partial charge in [0.15, 0.2) is 0 Å². The maximum absolute atomic E-state index is 13.2. The average Bonchev–Trinajstić information content (AvgIpc) is 3.17. The molecule has 5 heteroatoms. The van der Waals surface area contributed by atoms with E-state index in [9.17, 15) is 4.79 Å². The predicted octanol–water partition coefficient (Wildman–Crippen LogP) is 4.42. The molecule has 1 aliphatic rings. The number of amides is 2. The van der Waals surface area contributed by atoms with E-state index in [4.69, 9.17) is 0 Å². The molecular formula is C24H22N4O. The van der Waals surface area contributed by atoms with Gasteiger partial charge < -0.3 is 15.2 Å². The lowest BCUT2D eigenvalue weighted by molar-refractivity contribution is 0.178. The van der Waals surface area contributed by atoms with Crippen LogP contribution in [-0.4, -0.2) is 27.4 Å². The van der Waals surface area contributed by atoms with Gasteiger partial charge in [-0.3, -0.25) is 4.98 Å². The van der Waals surface area contributed by atoms with Crippen LogP contribution in [0.4, 0.5) is 4.79 Å². The van der Waals surface area contributed by atoms with Crippen molar-refractivity contribution in [3.63, 3.8) is 0 Å². The van der Waals surface area contributed by atoms with Crippen LogP contribution in [0.2, 0.25) is 0 Å². The van der Waals surface area contributed by atoms with Gasteiger partial charge in [-0.1, -0.05) is 54.6 Å². The molecule has 2 aromatic heterocycles. The molecule has 4 aromatic rings. The molecule has 0 bridgehead atoms. The second kappa shape index (κ2) is 7.43. The highest BCUT2D eigenvalue weighted by Gasteiger charge is 2.34. The highest BCUT2D eigenvalue weighted by molar-refractivity contribution is 5.86. The first-order valence-electron chi connectivity index (χ1n) is 9.89. The van der Waals surface area contributed by atoms with Crippen molar-refractivity contribution in [2.24, 2.45) is 0 Å². The van der Waals surface area contributed by atoms with Crippen LogP contribution in [0.15, 0.2) is 79.1 Å². The Labute approximate surface area is 169 Å². The molecule has 2 aromatic carbocycles. The summed E-state index contributed by atoms with van der Waals surface area (Å²) >= 11 is 0. The predicted molar refractivity (Wildman–Crippen MR) is 113 cm³/mol. The van der Waals surface area contributed by atoms with E-state index >= 15 is 0 Å². The van der Waals surface area contributed by atoms with E-state index < -0.39 is 0 Å². The van der Waals surface area contributed by atoms with Gasteiger partial charge in [-0.25, -0.2) is 4.79 Å². The lowest BCUT2D eigenvalue weighted by Gasteiger charge is -2.36. The maximum atomic E-state index is 13.2. The third-order valence-corrected chi connectivity index (χ3v) is 5.58. The summed E-state index contributed by atoms with van der Waals surface area (Å²) in [6.45, 7) is 1.17. The van der Waals surface area contributed by atoms with Crippen LogP contribution in [0.1, 0.15) is 28.4 Å². The lowest BCUT2D eigenvalue weighted by Crippen LogP contribution is -2.45. The minimum atomic E-state index is -0.185. The molecule has 3 heterocycles. The third-order valence-electron chi connectivity index (χ3n) is 5.58. The van der Waals surface area contributed by atoms with Crippen LogP contribution in [-0.2, 0) is 13.0 Å². The van der Waals surface area contributed by atoms with Crippen molar-refractivity contribution in [1.29, 1.82) is 0 Å². The number of benzene rings is 2. The number of para-hydroxylation sites is 1. The van der Waals surface area contributed by atoms with E-state index in [2.05, 4.69) is 33.5 Å². The van der Waals surface area contributed by atoms with Crippen molar-refractivity contribution < 1.29 is 4.79 Å². The minimum absolute atomic E-state index is 0.0630. The first kappa shape index (κ1) is 17.5. The fourth-order valence-electron chi connectivity index (χ4n) is 4.22. The Balaban J connectivity index is 1.50. The number of urea groups is 1. The quantitative estimate of drug-likeness (QED) is 0.551. The van der Waals surface area contributed by atoms with Crippen LogP contribution < -0.4 is 5.32 Å². The second-order valence-corrected chi connectivity index (χ2v) is 7.34. The van der Waals surface area contributed by atoms with Gasteiger partial charge in [0.1, 0.15) is 6.04 Å². The van der Waals surface area contributed by atoms with E-state index in [1.807, 2.05) is 59.6 Å². The monoisotopic (exact) mass is 382 g/mol. The SMILES string of the molecule is O=C(NCc1ccccc1)N1CCc2c([nH]c3ccccc23)[C@@H]1c1cccnc1. The van der Waals surface area contributed by atoms with Gasteiger partial charge in [-0.2, -0.15) is 0 Å². The molecule has 29 heavy (non-hydrogen) atoms. The number of rotatable bonds is 3. The van der Waals surface area contributed by atoms with Crippen LogP contribution in [0.5, 0.6) is 0 Å². The number of aromatic amines is 1. The standard InChI is InChI=1S/C24H22N4O/c29-24(26-15-17-7-2-1-3-8-17)28-14-12-20-19-10-4-5-11-21(19)27-22(20)23(28)18-9-6-13-25-16-18/h1-11,13,16,23,27H,12,14-15H2,(H,26,29)/t23-/m0/s1. The number of pyridine rings is 1. The van der Waals surface area contributed by atoms with Crippen molar-refractivity contribution in [2.75, 3.05) is 6.54 Å². The molecular weight excluding hydrogens is 360 g/mol. The van der Waals surface area contributed by atoms with Crippen LogP contribution in [0, 0.1) is 0 Å². The van der Waals surface area contributed by atoms with Crippen molar-refractivity contribution in [1.82, 2.24) is 20.2 Å². The van der Waals surface area contributed by atoms with Crippen molar-refractivity contribution in [2.45, 2.75) is 19.0 Å². The molecule has 5 nitrogen and oxygen atoms in total. The Morgan fingerprint density at radius 1 is 1.07 bits per heavy atom. The minimum Gasteiger partial charge on any atom is -0.356 e. The molecule has 0 radical (unpaired) electrons.